The van der Waals surface area contributed by atoms with Gasteiger partial charge in [0.15, 0.2) is 5.65 Å². The van der Waals surface area contributed by atoms with Gasteiger partial charge in [-0.25, -0.2) is 9.37 Å². The van der Waals surface area contributed by atoms with Crippen molar-refractivity contribution in [3.05, 3.63) is 83.3 Å². The lowest BCUT2D eigenvalue weighted by molar-refractivity contribution is 0.628. The van der Waals surface area contributed by atoms with Gasteiger partial charge in [-0.05, 0) is 50.1 Å². The van der Waals surface area contributed by atoms with Crippen molar-refractivity contribution in [1.29, 1.82) is 0 Å². The number of halogens is 1. The normalized spacial score (nSPS) is 11.1. The monoisotopic (exact) mass is 360 g/mol. The van der Waals surface area contributed by atoms with Crippen molar-refractivity contribution in [2.45, 2.75) is 20.3 Å². The van der Waals surface area contributed by atoms with Crippen LogP contribution in [0, 0.1) is 19.7 Å². The van der Waals surface area contributed by atoms with Crippen LogP contribution in [0.15, 0.2) is 60.7 Å². The van der Waals surface area contributed by atoms with Crippen LogP contribution in [0.3, 0.4) is 0 Å². The lowest BCUT2D eigenvalue weighted by Crippen LogP contribution is -2.10. The van der Waals surface area contributed by atoms with E-state index in [1.807, 2.05) is 23.6 Å². The van der Waals surface area contributed by atoms with Gasteiger partial charge in [-0.2, -0.15) is 9.61 Å². The summed E-state index contributed by atoms with van der Waals surface area (Å²) in [5, 5.41) is 8.13. The number of rotatable bonds is 5. The van der Waals surface area contributed by atoms with E-state index in [-0.39, 0.29) is 5.82 Å². The third-order valence-electron chi connectivity index (χ3n) is 4.50. The van der Waals surface area contributed by atoms with Gasteiger partial charge in [-0.1, -0.05) is 29.8 Å². The highest BCUT2D eigenvalue weighted by atomic mass is 19.1. The molecule has 4 rings (SSSR count). The summed E-state index contributed by atoms with van der Waals surface area (Å²) < 4.78 is 15.0. The van der Waals surface area contributed by atoms with Crippen molar-refractivity contribution in [1.82, 2.24) is 14.6 Å². The first-order valence-electron chi connectivity index (χ1n) is 9.01. The molecular weight excluding hydrogens is 339 g/mol. The van der Waals surface area contributed by atoms with E-state index in [2.05, 4.69) is 46.6 Å². The second kappa shape index (κ2) is 7.19. The highest BCUT2D eigenvalue weighted by molar-refractivity contribution is 5.65. The van der Waals surface area contributed by atoms with Gasteiger partial charge in [0.05, 0.1) is 5.69 Å². The third-order valence-corrected chi connectivity index (χ3v) is 4.50. The number of fused-ring (bicyclic) bond motifs is 1. The molecule has 1 N–H and O–H groups in total. The number of benzene rings is 2. The van der Waals surface area contributed by atoms with Crippen LogP contribution in [0.2, 0.25) is 0 Å². The Morgan fingerprint density at radius 2 is 1.81 bits per heavy atom. The minimum atomic E-state index is -0.255. The number of aromatic nitrogens is 3. The van der Waals surface area contributed by atoms with Crippen molar-refractivity contribution in [2.24, 2.45) is 0 Å². The molecule has 4 aromatic rings. The molecule has 5 heteroatoms. The van der Waals surface area contributed by atoms with E-state index in [9.17, 15) is 4.39 Å². The molecule has 0 aliphatic carbocycles. The topological polar surface area (TPSA) is 42.2 Å². The predicted octanol–water partition coefficient (Wildman–Crippen LogP) is 4.81. The van der Waals surface area contributed by atoms with Gasteiger partial charge in [-0.3, -0.25) is 0 Å². The molecule has 0 aliphatic heterocycles. The predicted molar refractivity (Wildman–Crippen MR) is 106 cm³/mol. The summed E-state index contributed by atoms with van der Waals surface area (Å²) in [4.78, 5) is 4.56. The Kier molecular flexibility index (Phi) is 4.59. The minimum Gasteiger partial charge on any atom is -0.370 e. The SMILES string of the molecule is Cc1cccc(CCNc2cc(C)nc3cc(-c4ccc(F)cc4)nn23)c1. The lowest BCUT2D eigenvalue weighted by Gasteiger charge is -2.09. The molecule has 0 saturated heterocycles. The fourth-order valence-corrected chi connectivity index (χ4v) is 3.19. The zero-order chi connectivity index (χ0) is 18.8. The molecule has 0 radical (unpaired) electrons. The molecule has 0 amide bonds. The average molecular weight is 360 g/mol. The Balaban J connectivity index is 1.59. The zero-order valence-corrected chi connectivity index (χ0v) is 15.4. The summed E-state index contributed by atoms with van der Waals surface area (Å²) in [6, 6.07) is 18.8. The van der Waals surface area contributed by atoms with Crippen LogP contribution in [0.4, 0.5) is 10.2 Å². The fourth-order valence-electron chi connectivity index (χ4n) is 3.19. The Bertz CT molecular complexity index is 1080. The quantitative estimate of drug-likeness (QED) is 0.555. The minimum absolute atomic E-state index is 0.255. The molecule has 0 saturated carbocycles. The van der Waals surface area contributed by atoms with Crippen molar-refractivity contribution < 1.29 is 4.39 Å². The number of hydrogen-bond donors (Lipinski definition) is 1. The van der Waals surface area contributed by atoms with Crippen molar-refractivity contribution in [3.8, 4) is 11.3 Å². The number of aryl methyl sites for hydroxylation is 2. The lowest BCUT2D eigenvalue weighted by atomic mass is 10.1. The number of anilines is 1. The van der Waals surface area contributed by atoms with Gasteiger partial charge >= 0.3 is 0 Å². The molecule has 2 heterocycles. The molecule has 2 aromatic heterocycles. The van der Waals surface area contributed by atoms with E-state index >= 15 is 0 Å². The molecule has 0 spiro atoms. The molecule has 4 nitrogen and oxygen atoms in total. The molecule has 0 fully saturated rings. The largest absolute Gasteiger partial charge is 0.370 e. The van der Waals surface area contributed by atoms with Crippen LogP contribution in [0.5, 0.6) is 0 Å². The van der Waals surface area contributed by atoms with Crippen LogP contribution >= 0.6 is 0 Å². The van der Waals surface area contributed by atoms with E-state index in [4.69, 9.17) is 0 Å². The smallest absolute Gasteiger partial charge is 0.158 e. The zero-order valence-electron chi connectivity index (χ0n) is 15.4. The number of nitrogens with zero attached hydrogens (tertiary/aromatic N) is 3. The Morgan fingerprint density at radius 3 is 2.59 bits per heavy atom. The summed E-state index contributed by atoms with van der Waals surface area (Å²) in [5.41, 5.74) is 5.90. The van der Waals surface area contributed by atoms with Crippen LogP contribution in [0.1, 0.15) is 16.8 Å². The molecule has 0 unspecified atom stereocenters. The van der Waals surface area contributed by atoms with E-state index in [1.54, 1.807) is 12.1 Å². The van der Waals surface area contributed by atoms with Crippen LogP contribution in [-0.2, 0) is 6.42 Å². The standard InChI is InChI=1S/C22H21FN4/c1-15-4-3-5-17(12-15)10-11-24-21-13-16(2)25-22-14-20(26-27(21)22)18-6-8-19(23)9-7-18/h3-9,12-14,24H,10-11H2,1-2H3. The maximum Gasteiger partial charge on any atom is 0.158 e. The highest BCUT2D eigenvalue weighted by Crippen LogP contribution is 2.22. The Morgan fingerprint density at radius 1 is 1.00 bits per heavy atom. The second-order valence-corrected chi connectivity index (χ2v) is 6.76. The van der Waals surface area contributed by atoms with Gasteiger partial charge in [-0.15, -0.1) is 0 Å². The van der Waals surface area contributed by atoms with Crippen molar-refractivity contribution in [2.75, 3.05) is 11.9 Å². The van der Waals surface area contributed by atoms with Crippen LogP contribution in [0.25, 0.3) is 16.9 Å². The van der Waals surface area contributed by atoms with Crippen molar-refractivity contribution in [3.63, 3.8) is 0 Å². The van der Waals surface area contributed by atoms with Crippen molar-refractivity contribution >= 4 is 11.5 Å². The second-order valence-electron chi connectivity index (χ2n) is 6.76. The average Bonchev–Trinajstić information content (AvgIpc) is 3.06. The first-order valence-corrected chi connectivity index (χ1v) is 9.01. The van der Waals surface area contributed by atoms with Gasteiger partial charge in [0.2, 0.25) is 0 Å². The molecule has 0 aliphatic rings. The molecule has 136 valence electrons. The first kappa shape index (κ1) is 17.2. The fraction of sp³-hybridized carbons (Fsp3) is 0.182. The van der Waals surface area contributed by atoms with Gasteiger partial charge < -0.3 is 5.32 Å². The van der Waals surface area contributed by atoms with Gasteiger partial charge in [0.1, 0.15) is 11.6 Å². The van der Waals surface area contributed by atoms with E-state index in [0.29, 0.717) is 0 Å². The summed E-state index contributed by atoms with van der Waals surface area (Å²) in [6.07, 6.45) is 0.927. The van der Waals surface area contributed by atoms with Crippen LogP contribution in [-0.4, -0.2) is 21.1 Å². The summed E-state index contributed by atoms with van der Waals surface area (Å²) in [5.74, 6) is 0.647. The molecule has 0 atom stereocenters. The van der Waals surface area contributed by atoms with Crippen LogP contribution < -0.4 is 5.32 Å². The Hall–Kier alpha value is -3.21. The van der Waals surface area contributed by atoms with Gasteiger partial charge in [0.25, 0.3) is 0 Å². The summed E-state index contributed by atoms with van der Waals surface area (Å²) in [6.45, 7) is 4.87. The molecule has 0 bridgehead atoms. The first-order chi connectivity index (χ1) is 13.1. The van der Waals surface area contributed by atoms with E-state index < -0.39 is 0 Å². The van der Waals surface area contributed by atoms with Gasteiger partial charge in [0, 0.05) is 29.9 Å². The molecular formula is C22H21FN4. The number of nitrogens with one attached hydrogen (secondary N) is 1. The maximum absolute atomic E-state index is 13.2. The molecule has 2 aromatic carbocycles. The third kappa shape index (κ3) is 3.82. The summed E-state index contributed by atoms with van der Waals surface area (Å²) >= 11 is 0. The van der Waals surface area contributed by atoms with E-state index in [0.717, 1.165) is 41.4 Å². The Labute approximate surface area is 157 Å². The summed E-state index contributed by atoms with van der Waals surface area (Å²) in [7, 11) is 0. The maximum atomic E-state index is 13.2. The highest BCUT2D eigenvalue weighted by Gasteiger charge is 2.10. The van der Waals surface area contributed by atoms with E-state index in [1.165, 1.54) is 23.3 Å². The number of hydrogen-bond acceptors (Lipinski definition) is 3. The molecule has 27 heavy (non-hydrogen) atoms.